The van der Waals surface area contributed by atoms with Crippen LogP contribution in [-0.4, -0.2) is 31.5 Å². The molecule has 5 heteroatoms. The molecular weight excluding hydrogens is 206 g/mol. The zero-order valence-electron chi connectivity index (χ0n) is 9.10. The van der Waals surface area contributed by atoms with Crippen molar-refractivity contribution in [3.8, 4) is 6.07 Å². The van der Waals surface area contributed by atoms with Gasteiger partial charge in [0.2, 0.25) is 0 Å². The van der Waals surface area contributed by atoms with Crippen molar-refractivity contribution in [1.29, 1.82) is 5.26 Å². The van der Waals surface area contributed by atoms with Crippen LogP contribution in [0.5, 0.6) is 0 Å². The minimum Gasteiger partial charge on any atom is -0.398 e. The summed E-state index contributed by atoms with van der Waals surface area (Å²) in [6.45, 7) is 0.350. The normalized spacial score (nSPS) is 11.8. The first-order chi connectivity index (χ1) is 7.71. The lowest BCUT2D eigenvalue weighted by molar-refractivity contribution is 0.153. The molecule has 0 heterocycles. The average molecular weight is 221 g/mol. The molecular formula is C11H15N3O2. The van der Waals surface area contributed by atoms with Crippen LogP contribution in [0.15, 0.2) is 18.2 Å². The van der Waals surface area contributed by atoms with Crippen LogP contribution in [-0.2, 0) is 4.74 Å². The minimum atomic E-state index is -0.194. The van der Waals surface area contributed by atoms with Crippen LogP contribution in [0.25, 0.3) is 0 Å². The maximum absolute atomic E-state index is 9.07. The van der Waals surface area contributed by atoms with Crippen molar-refractivity contribution in [2.45, 2.75) is 6.04 Å². The third-order valence-electron chi connectivity index (χ3n) is 2.13. The van der Waals surface area contributed by atoms with Gasteiger partial charge in [0.1, 0.15) is 6.07 Å². The lowest BCUT2D eigenvalue weighted by atomic mass is 10.1. The Balaban J connectivity index is 2.77. The molecule has 4 N–H and O–H groups in total. The van der Waals surface area contributed by atoms with E-state index < -0.39 is 0 Å². The number of nitrogens with two attached hydrogens (primary N) is 1. The highest BCUT2D eigenvalue weighted by Crippen LogP contribution is 2.17. The molecule has 0 aliphatic carbocycles. The Bertz CT molecular complexity index is 387. The fourth-order valence-electron chi connectivity index (χ4n) is 1.32. The standard InChI is InChI=1S/C11H15N3O2/c1-16-7-10(6-15)14-9-2-3-11(13)8(4-9)5-12/h2-4,10,14-15H,6-7,13H2,1H3. The molecule has 0 saturated carbocycles. The average Bonchev–Trinajstić information content (AvgIpc) is 2.30. The van der Waals surface area contributed by atoms with Gasteiger partial charge in [0.15, 0.2) is 0 Å². The molecule has 0 bridgehead atoms. The SMILES string of the molecule is COCC(CO)Nc1ccc(N)c(C#N)c1. The summed E-state index contributed by atoms with van der Waals surface area (Å²) in [4.78, 5) is 0. The first-order valence-corrected chi connectivity index (χ1v) is 4.87. The number of ether oxygens (including phenoxy) is 1. The highest BCUT2D eigenvalue weighted by Gasteiger charge is 2.07. The number of nitrogens with zero attached hydrogens (tertiary/aromatic N) is 1. The number of benzene rings is 1. The van der Waals surface area contributed by atoms with Crippen LogP contribution in [0.1, 0.15) is 5.56 Å². The van der Waals surface area contributed by atoms with Crippen molar-refractivity contribution < 1.29 is 9.84 Å². The largest absolute Gasteiger partial charge is 0.398 e. The van der Waals surface area contributed by atoms with E-state index >= 15 is 0 Å². The highest BCUT2D eigenvalue weighted by atomic mass is 16.5. The van der Waals surface area contributed by atoms with Crippen molar-refractivity contribution >= 4 is 11.4 Å². The maximum atomic E-state index is 9.07. The number of hydrogen-bond acceptors (Lipinski definition) is 5. The molecule has 0 aliphatic heterocycles. The smallest absolute Gasteiger partial charge is 0.101 e. The van der Waals surface area contributed by atoms with Gasteiger partial charge in [-0.05, 0) is 18.2 Å². The molecule has 0 spiro atoms. The van der Waals surface area contributed by atoms with Crippen LogP contribution in [0.4, 0.5) is 11.4 Å². The predicted molar refractivity (Wildman–Crippen MR) is 61.9 cm³/mol. The molecule has 0 aromatic heterocycles. The Labute approximate surface area is 94.4 Å². The minimum absolute atomic E-state index is 0.0416. The van der Waals surface area contributed by atoms with E-state index in [1.165, 1.54) is 0 Å². The molecule has 16 heavy (non-hydrogen) atoms. The number of rotatable bonds is 5. The van der Waals surface area contributed by atoms with Gasteiger partial charge in [0, 0.05) is 18.5 Å². The lowest BCUT2D eigenvalue weighted by Crippen LogP contribution is -2.28. The first kappa shape index (κ1) is 12.3. The zero-order valence-corrected chi connectivity index (χ0v) is 9.10. The highest BCUT2D eigenvalue weighted by molar-refractivity contribution is 5.62. The third-order valence-corrected chi connectivity index (χ3v) is 2.13. The molecule has 0 radical (unpaired) electrons. The molecule has 1 unspecified atom stereocenters. The van der Waals surface area contributed by atoms with E-state index in [0.29, 0.717) is 17.9 Å². The maximum Gasteiger partial charge on any atom is 0.101 e. The monoisotopic (exact) mass is 221 g/mol. The number of hydrogen-bond donors (Lipinski definition) is 3. The van der Waals surface area contributed by atoms with Crippen LogP contribution < -0.4 is 11.1 Å². The van der Waals surface area contributed by atoms with Crippen molar-refractivity contribution in [3.63, 3.8) is 0 Å². The molecule has 5 nitrogen and oxygen atoms in total. The third kappa shape index (κ3) is 3.12. The van der Waals surface area contributed by atoms with Crippen LogP contribution in [0.3, 0.4) is 0 Å². The van der Waals surface area contributed by atoms with Crippen molar-refractivity contribution in [2.24, 2.45) is 0 Å². The molecule has 0 fully saturated rings. The quantitative estimate of drug-likeness (QED) is 0.632. The van der Waals surface area contributed by atoms with Gasteiger partial charge in [0.25, 0.3) is 0 Å². The predicted octanol–water partition coefficient (Wildman–Crippen LogP) is 0.560. The number of aliphatic hydroxyl groups excluding tert-OH is 1. The Hall–Kier alpha value is -1.77. The first-order valence-electron chi connectivity index (χ1n) is 4.87. The summed E-state index contributed by atoms with van der Waals surface area (Å²) in [5, 5.41) is 20.9. The molecule has 0 amide bonds. The van der Waals surface area contributed by atoms with Crippen LogP contribution in [0, 0.1) is 11.3 Å². The van der Waals surface area contributed by atoms with Crippen molar-refractivity contribution in [2.75, 3.05) is 31.4 Å². The van der Waals surface area contributed by atoms with Crippen molar-refractivity contribution in [1.82, 2.24) is 0 Å². The van der Waals surface area contributed by atoms with Gasteiger partial charge in [0.05, 0.1) is 24.8 Å². The number of nitrogen functional groups attached to an aromatic ring is 1. The summed E-state index contributed by atoms with van der Waals surface area (Å²) >= 11 is 0. The van der Waals surface area contributed by atoms with E-state index in [2.05, 4.69) is 5.32 Å². The fraction of sp³-hybridized carbons (Fsp3) is 0.364. The van der Waals surface area contributed by atoms with Gasteiger partial charge >= 0.3 is 0 Å². The van der Waals surface area contributed by atoms with E-state index in [1.54, 1.807) is 25.3 Å². The molecule has 1 aromatic rings. The van der Waals surface area contributed by atoms with E-state index in [1.807, 2.05) is 6.07 Å². The summed E-state index contributed by atoms with van der Waals surface area (Å²) in [6, 6.07) is 6.87. The number of anilines is 2. The van der Waals surface area contributed by atoms with Gasteiger partial charge in [-0.2, -0.15) is 5.26 Å². The Morgan fingerprint density at radius 1 is 1.62 bits per heavy atom. The summed E-state index contributed by atoms with van der Waals surface area (Å²) in [5.41, 5.74) is 7.20. The fourth-order valence-corrected chi connectivity index (χ4v) is 1.32. The summed E-state index contributed by atoms with van der Waals surface area (Å²) in [7, 11) is 1.56. The van der Waals surface area contributed by atoms with Crippen molar-refractivity contribution in [3.05, 3.63) is 23.8 Å². The molecule has 86 valence electrons. The molecule has 1 rings (SSSR count). The van der Waals surface area contributed by atoms with Gasteiger partial charge in [-0.25, -0.2) is 0 Å². The summed E-state index contributed by atoms with van der Waals surface area (Å²) < 4.78 is 4.94. The van der Waals surface area contributed by atoms with Crippen LogP contribution >= 0.6 is 0 Å². The Morgan fingerprint density at radius 2 is 2.38 bits per heavy atom. The molecule has 1 aromatic carbocycles. The lowest BCUT2D eigenvalue weighted by Gasteiger charge is -2.16. The van der Waals surface area contributed by atoms with E-state index in [4.69, 9.17) is 20.8 Å². The van der Waals surface area contributed by atoms with Gasteiger partial charge < -0.3 is 20.9 Å². The van der Waals surface area contributed by atoms with Gasteiger partial charge in [-0.15, -0.1) is 0 Å². The number of methoxy groups -OCH3 is 1. The molecule has 0 aliphatic rings. The van der Waals surface area contributed by atoms with E-state index in [9.17, 15) is 0 Å². The van der Waals surface area contributed by atoms with Gasteiger partial charge in [-0.1, -0.05) is 0 Å². The van der Waals surface area contributed by atoms with E-state index in [0.717, 1.165) is 5.69 Å². The summed E-state index contributed by atoms with van der Waals surface area (Å²) in [5.74, 6) is 0. The van der Waals surface area contributed by atoms with E-state index in [-0.39, 0.29) is 12.6 Å². The number of nitrogens with one attached hydrogen (secondary N) is 1. The zero-order chi connectivity index (χ0) is 12.0. The van der Waals surface area contributed by atoms with Crippen LogP contribution in [0.2, 0.25) is 0 Å². The number of aliphatic hydroxyl groups is 1. The summed E-state index contributed by atoms with van der Waals surface area (Å²) in [6.07, 6.45) is 0. The Morgan fingerprint density at radius 3 is 2.94 bits per heavy atom. The second kappa shape index (κ2) is 5.95. The van der Waals surface area contributed by atoms with Gasteiger partial charge in [-0.3, -0.25) is 0 Å². The second-order valence-electron chi connectivity index (χ2n) is 3.39. The topological polar surface area (TPSA) is 91.3 Å². The second-order valence-corrected chi connectivity index (χ2v) is 3.39. The molecule has 0 saturated heterocycles. The molecule has 1 atom stereocenters. The number of nitriles is 1. The Kier molecular flexibility index (Phi) is 4.58.